The lowest BCUT2D eigenvalue weighted by Crippen LogP contribution is -2.42. The first-order chi connectivity index (χ1) is 13.5. The molecule has 6 nitrogen and oxygen atoms in total. The van der Waals surface area contributed by atoms with Crippen molar-refractivity contribution in [2.45, 2.75) is 79.3 Å². The standard InChI is InChI=1S/C13H18N6.C6H12S.C2H6/c1-3-4-11-12(7-18-6-5-14-8-18)15-9-19-13(11)16-10(2)17-19;1-4-5-7-6(2)3;1-2/h5-6,8-9,13H,3-4,7H2,1-2H3,(H,16,17);4-6H,1-3H3;1-2H3/b;5-4-;. The number of thioether (sulfide) groups is 1. The van der Waals surface area contributed by atoms with E-state index in [1.807, 2.05) is 67.9 Å². The van der Waals surface area contributed by atoms with E-state index in [9.17, 15) is 0 Å². The molecule has 2 aliphatic heterocycles. The quantitative estimate of drug-likeness (QED) is 0.705. The second-order valence-corrected chi connectivity index (χ2v) is 7.95. The van der Waals surface area contributed by atoms with Crippen molar-refractivity contribution in [1.29, 1.82) is 0 Å². The Balaban J connectivity index is 0.000000372. The molecule has 1 aromatic rings. The fourth-order valence-corrected chi connectivity index (χ4v) is 3.17. The number of aliphatic imine (C=N–C) groups is 2. The van der Waals surface area contributed by atoms with Crippen molar-refractivity contribution in [1.82, 2.24) is 20.0 Å². The number of amidine groups is 1. The Morgan fingerprint density at radius 2 is 2.07 bits per heavy atom. The zero-order chi connectivity index (χ0) is 20.9. The maximum atomic E-state index is 4.65. The van der Waals surface area contributed by atoms with Gasteiger partial charge in [-0.1, -0.05) is 47.1 Å². The van der Waals surface area contributed by atoms with Crippen LogP contribution in [-0.4, -0.2) is 38.1 Å². The molecule has 1 atom stereocenters. The van der Waals surface area contributed by atoms with Crippen LogP contribution >= 0.6 is 11.8 Å². The molecular weight excluding hydrogens is 368 g/mol. The first kappa shape index (κ1) is 24.0. The molecule has 0 fully saturated rings. The van der Waals surface area contributed by atoms with Crippen LogP contribution in [0.15, 0.2) is 51.5 Å². The molecule has 2 aliphatic rings. The van der Waals surface area contributed by atoms with Crippen LogP contribution in [0.5, 0.6) is 0 Å². The van der Waals surface area contributed by atoms with Gasteiger partial charge in [0.2, 0.25) is 0 Å². The molecule has 0 amide bonds. The van der Waals surface area contributed by atoms with Gasteiger partial charge in [0, 0.05) is 17.6 Å². The average Bonchev–Trinajstić information content (AvgIpc) is 3.33. The van der Waals surface area contributed by atoms with Crippen LogP contribution in [0.3, 0.4) is 0 Å². The normalized spacial score (nSPS) is 17.6. The minimum absolute atomic E-state index is 0.0657. The number of nitrogens with one attached hydrogen (secondary N) is 1. The number of hydrogen-bond donors (Lipinski definition) is 1. The van der Waals surface area contributed by atoms with Crippen molar-refractivity contribution in [3.8, 4) is 0 Å². The highest BCUT2D eigenvalue weighted by Crippen LogP contribution is 2.27. The minimum Gasteiger partial charge on any atom is -0.331 e. The maximum Gasteiger partial charge on any atom is 0.166 e. The van der Waals surface area contributed by atoms with Gasteiger partial charge in [-0.3, -0.25) is 5.43 Å². The van der Waals surface area contributed by atoms with Crippen molar-refractivity contribution in [3.05, 3.63) is 41.5 Å². The molecule has 1 aromatic heterocycles. The minimum atomic E-state index is 0.0657. The lowest BCUT2D eigenvalue weighted by Gasteiger charge is -2.28. The van der Waals surface area contributed by atoms with Gasteiger partial charge in [-0.25, -0.2) is 20.0 Å². The highest BCUT2D eigenvalue weighted by Gasteiger charge is 2.30. The van der Waals surface area contributed by atoms with E-state index in [0.29, 0.717) is 0 Å². The third-order valence-electron chi connectivity index (χ3n) is 3.79. The Kier molecular flexibility index (Phi) is 11.3. The van der Waals surface area contributed by atoms with Crippen LogP contribution in [-0.2, 0) is 6.54 Å². The maximum absolute atomic E-state index is 4.65. The highest BCUT2D eigenvalue weighted by molar-refractivity contribution is 8.02. The van der Waals surface area contributed by atoms with E-state index in [4.69, 9.17) is 0 Å². The summed E-state index contributed by atoms with van der Waals surface area (Å²) in [5.74, 6) is 0.939. The molecule has 0 bridgehead atoms. The molecule has 0 aliphatic carbocycles. The number of hydrazine groups is 1. The fraction of sp³-hybridized carbons (Fsp3) is 0.571. The van der Waals surface area contributed by atoms with Crippen molar-refractivity contribution >= 4 is 23.9 Å². The largest absolute Gasteiger partial charge is 0.331 e. The van der Waals surface area contributed by atoms with Gasteiger partial charge in [-0.2, -0.15) is 0 Å². The Bertz CT molecular complexity index is 673. The third-order valence-corrected chi connectivity index (χ3v) is 4.76. The SMILES string of the molecule is C/C=C\SC(C)C.CC.CCCC1=C(Cn2ccnc2)N=CN2NC(C)=NC12. The number of fused-ring (bicyclic) bond motifs is 1. The van der Waals surface area contributed by atoms with E-state index in [1.54, 1.807) is 6.20 Å². The van der Waals surface area contributed by atoms with Crippen LogP contribution in [0.4, 0.5) is 0 Å². The lowest BCUT2D eigenvalue weighted by molar-refractivity contribution is 0.341. The van der Waals surface area contributed by atoms with Crippen LogP contribution < -0.4 is 5.43 Å². The highest BCUT2D eigenvalue weighted by atomic mass is 32.2. The molecule has 0 saturated heterocycles. The summed E-state index contributed by atoms with van der Waals surface area (Å²) in [5.41, 5.74) is 5.60. The lowest BCUT2D eigenvalue weighted by atomic mass is 10.0. The molecule has 1 N–H and O–H groups in total. The summed E-state index contributed by atoms with van der Waals surface area (Å²) in [7, 11) is 0. The molecule has 0 saturated carbocycles. The Morgan fingerprint density at radius 3 is 2.61 bits per heavy atom. The topological polar surface area (TPSA) is 57.8 Å². The third kappa shape index (κ3) is 7.54. The van der Waals surface area contributed by atoms with Crippen LogP contribution in [0, 0.1) is 0 Å². The first-order valence-corrected chi connectivity index (χ1v) is 11.1. The van der Waals surface area contributed by atoms with Crippen LogP contribution in [0.25, 0.3) is 0 Å². The van der Waals surface area contributed by atoms with E-state index in [1.165, 1.54) is 5.57 Å². The van der Waals surface area contributed by atoms with Crippen molar-refractivity contribution < 1.29 is 0 Å². The molecular formula is C21H36N6S. The summed E-state index contributed by atoms with van der Waals surface area (Å²) in [6.07, 6.45) is 11.6. The van der Waals surface area contributed by atoms with E-state index in [0.717, 1.165) is 36.2 Å². The van der Waals surface area contributed by atoms with Crippen LogP contribution in [0.1, 0.15) is 61.3 Å². The molecule has 28 heavy (non-hydrogen) atoms. The van der Waals surface area contributed by atoms with Gasteiger partial charge in [0.1, 0.15) is 12.2 Å². The smallest absolute Gasteiger partial charge is 0.166 e. The van der Waals surface area contributed by atoms with Gasteiger partial charge in [0.25, 0.3) is 0 Å². The van der Waals surface area contributed by atoms with Gasteiger partial charge < -0.3 is 4.57 Å². The Labute approximate surface area is 174 Å². The van der Waals surface area contributed by atoms with Gasteiger partial charge in [0.15, 0.2) is 6.17 Å². The number of hydrogen-bond acceptors (Lipinski definition) is 6. The van der Waals surface area contributed by atoms with Gasteiger partial charge in [-0.05, 0) is 31.2 Å². The molecule has 3 rings (SSSR count). The monoisotopic (exact) mass is 404 g/mol. The van der Waals surface area contributed by atoms with Gasteiger partial charge >= 0.3 is 0 Å². The van der Waals surface area contributed by atoms with Gasteiger partial charge in [-0.15, -0.1) is 11.8 Å². The summed E-state index contributed by atoms with van der Waals surface area (Å²) < 4.78 is 2.04. The number of rotatable bonds is 6. The molecule has 3 heterocycles. The van der Waals surface area contributed by atoms with E-state index < -0.39 is 0 Å². The first-order valence-electron chi connectivity index (χ1n) is 10.1. The van der Waals surface area contributed by atoms with E-state index in [-0.39, 0.29) is 6.17 Å². The zero-order valence-corrected chi connectivity index (χ0v) is 19.2. The fourth-order valence-electron chi connectivity index (χ4n) is 2.70. The summed E-state index contributed by atoms with van der Waals surface area (Å²) >= 11 is 1.85. The molecule has 7 heteroatoms. The van der Waals surface area contributed by atoms with E-state index in [2.05, 4.69) is 52.6 Å². The van der Waals surface area contributed by atoms with E-state index >= 15 is 0 Å². The number of imidazole rings is 1. The molecule has 1 unspecified atom stereocenters. The molecule has 0 aromatic carbocycles. The molecule has 0 spiro atoms. The van der Waals surface area contributed by atoms with Gasteiger partial charge in [0.05, 0.1) is 18.6 Å². The number of nitrogens with zero attached hydrogens (tertiary/aromatic N) is 5. The van der Waals surface area contributed by atoms with Crippen LogP contribution in [0.2, 0.25) is 0 Å². The second kappa shape index (κ2) is 13.2. The average molecular weight is 405 g/mol. The predicted molar refractivity (Wildman–Crippen MR) is 123 cm³/mol. The Hall–Kier alpha value is -2.02. The molecule has 156 valence electrons. The number of allylic oxidation sites excluding steroid dienone is 2. The summed E-state index contributed by atoms with van der Waals surface area (Å²) in [5, 5.41) is 4.82. The predicted octanol–water partition coefficient (Wildman–Crippen LogP) is 5.23. The molecule has 0 radical (unpaired) electrons. The number of aromatic nitrogens is 2. The van der Waals surface area contributed by atoms with Crippen molar-refractivity contribution in [2.24, 2.45) is 9.98 Å². The van der Waals surface area contributed by atoms with Crippen molar-refractivity contribution in [3.63, 3.8) is 0 Å². The summed E-state index contributed by atoms with van der Waals surface area (Å²) in [6, 6.07) is 0. The summed E-state index contributed by atoms with van der Waals surface area (Å²) in [6.45, 7) is 15.3. The van der Waals surface area contributed by atoms with Crippen molar-refractivity contribution in [2.75, 3.05) is 0 Å². The zero-order valence-electron chi connectivity index (χ0n) is 18.4. The summed E-state index contributed by atoms with van der Waals surface area (Å²) in [4.78, 5) is 13.3. The second-order valence-electron chi connectivity index (χ2n) is 6.46. The Morgan fingerprint density at radius 1 is 1.32 bits per heavy atom.